The fourth-order valence-corrected chi connectivity index (χ4v) is 3.46. The van der Waals surface area contributed by atoms with Gasteiger partial charge in [-0.1, -0.05) is 60.7 Å². The van der Waals surface area contributed by atoms with Gasteiger partial charge in [0.15, 0.2) is 0 Å². The molecule has 2 amide bonds. The second-order valence-electron chi connectivity index (χ2n) is 6.96. The van der Waals surface area contributed by atoms with Crippen molar-refractivity contribution in [1.29, 1.82) is 0 Å². The van der Waals surface area contributed by atoms with Crippen LogP contribution in [0.15, 0.2) is 60.7 Å². The van der Waals surface area contributed by atoms with Crippen LogP contribution in [-0.2, 0) is 4.74 Å². The minimum absolute atomic E-state index is 0.0183. The van der Waals surface area contributed by atoms with Gasteiger partial charge in [-0.05, 0) is 18.1 Å². The summed E-state index contributed by atoms with van der Waals surface area (Å²) in [6, 6.07) is 20.6. The standard InChI is InChI=1S/C22H29N3O2/c1-18(19-9-5-3-6-10-19)24(2)22(26)23-17-21(20-11-7-4-8-12-20)25-13-15-27-16-14-25/h3-12,18,21H,13-17H2,1-2H3,(H,23,26)/t18-,21+/m0/s1. The number of morpholine rings is 1. The van der Waals surface area contributed by atoms with E-state index in [1.807, 2.05) is 50.4 Å². The predicted molar refractivity (Wildman–Crippen MR) is 108 cm³/mol. The van der Waals surface area contributed by atoms with Gasteiger partial charge >= 0.3 is 6.03 Å². The molecule has 5 heteroatoms. The zero-order chi connectivity index (χ0) is 19.1. The first-order valence-corrected chi connectivity index (χ1v) is 9.59. The van der Waals surface area contributed by atoms with Crippen LogP contribution in [0, 0.1) is 0 Å². The molecule has 1 N–H and O–H groups in total. The lowest BCUT2D eigenvalue weighted by molar-refractivity contribution is 0.0164. The van der Waals surface area contributed by atoms with Crippen molar-refractivity contribution >= 4 is 6.03 Å². The van der Waals surface area contributed by atoms with Crippen molar-refractivity contribution in [3.8, 4) is 0 Å². The van der Waals surface area contributed by atoms with E-state index in [1.165, 1.54) is 5.56 Å². The maximum Gasteiger partial charge on any atom is 0.317 e. The highest BCUT2D eigenvalue weighted by molar-refractivity contribution is 5.74. The molecule has 0 spiro atoms. The molecule has 1 aliphatic heterocycles. The highest BCUT2D eigenvalue weighted by Crippen LogP contribution is 2.22. The number of urea groups is 1. The van der Waals surface area contributed by atoms with E-state index in [-0.39, 0.29) is 18.1 Å². The quantitative estimate of drug-likeness (QED) is 0.850. The number of hydrogen-bond acceptors (Lipinski definition) is 3. The van der Waals surface area contributed by atoms with Crippen molar-refractivity contribution in [1.82, 2.24) is 15.1 Å². The number of benzene rings is 2. The Hall–Kier alpha value is -2.37. The summed E-state index contributed by atoms with van der Waals surface area (Å²) in [6.07, 6.45) is 0. The van der Waals surface area contributed by atoms with E-state index >= 15 is 0 Å². The number of nitrogens with one attached hydrogen (secondary N) is 1. The Bertz CT molecular complexity index is 702. The Morgan fingerprint density at radius 2 is 1.59 bits per heavy atom. The Balaban J connectivity index is 1.64. The third-order valence-corrected chi connectivity index (χ3v) is 5.30. The molecular formula is C22H29N3O2. The first-order valence-electron chi connectivity index (χ1n) is 9.59. The molecule has 1 aliphatic rings. The van der Waals surface area contributed by atoms with Crippen molar-refractivity contribution in [3.05, 3.63) is 71.8 Å². The molecule has 0 unspecified atom stereocenters. The van der Waals surface area contributed by atoms with Crippen LogP contribution in [-0.4, -0.2) is 55.7 Å². The van der Waals surface area contributed by atoms with Crippen LogP contribution < -0.4 is 5.32 Å². The average Bonchev–Trinajstić information content (AvgIpc) is 2.75. The van der Waals surface area contributed by atoms with Crippen LogP contribution in [0.25, 0.3) is 0 Å². The van der Waals surface area contributed by atoms with Crippen molar-refractivity contribution < 1.29 is 9.53 Å². The Kier molecular flexibility index (Phi) is 6.85. The fraction of sp³-hybridized carbons (Fsp3) is 0.409. The molecule has 3 rings (SSSR count). The SMILES string of the molecule is C[C@@H](c1ccccc1)N(C)C(=O)NC[C@H](c1ccccc1)N1CCOCC1. The van der Waals surface area contributed by atoms with Gasteiger partial charge in [-0.15, -0.1) is 0 Å². The molecule has 0 saturated carbocycles. The second kappa shape index (κ2) is 9.53. The summed E-state index contributed by atoms with van der Waals surface area (Å²) in [5.41, 5.74) is 2.35. The molecular weight excluding hydrogens is 338 g/mol. The van der Waals surface area contributed by atoms with Crippen LogP contribution in [0.3, 0.4) is 0 Å². The summed E-state index contributed by atoms with van der Waals surface area (Å²) < 4.78 is 5.49. The highest BCUT2D eigenvalue weighted by atomic mass is 16.5. The molecule has 0 bridgehead atoms. The maximum atomic E-state index is 12.7. The largest absolute Gasteiger partial charge is 0.379 e. The number of amides is 2. The smallest absolute Gasteiger partial charge is 0.317 e. The molecule has 5 nitrogen and oxygen atoms in total. The summed E-state index contributed by atoms with van der Waals surface area (Å²) >= 11 is 0. The third kappa shape index (κ3) is 5.08. The third-order valence-electron chi connectivity index (χ3n) is 5.30. The molecule has 1 fully saturated rings. The van der Waals surface area contributed by atoms with Gasteiger partial charge in [-0.2, -0.15) is 0 Å². The molecule has 2 aromatic carbocycles. The summed E-state index contributed by atoms with van der Waals surface area (Å²) in [6.45, 7) is 5.86. The van der Waals surface area contributed by atoms with Gasteiger partial charge in [-0.25, -0.2) is 4.79 Å². The molecule has 0 radical (unpaired) electrons. The van der Waals surface area contributed by atoms with Crippen LogP contribution in [0.1, 0.15) is 30.1 Å². The van der Waals surface area contributed by atoms with E-state index in [2.05, 4.69) is 34.5 Å². The number of carbonyl (C=O) groups excluding carboxylic acids is 1. The Morgan fingerprint density at radius 1 is 1.04 bits per heavy atom. The molecule has 2 aromatic rings. The van der Waals surface area contributed by atoms with Crippen molar-refractivity contribution in [2.24, 2.45) is 0 Å². The maximum absolute atomic E-state index is 12.7. The number of hydrogen-bond donors (Lipinski definition) is 1. The summed E-state index contributed by atoms with van der Waals surface area (Å²) in [5.74, 6) is 0. The first-order chi connectivity index (χ1) is 13.2. The van der Waals surface area contributed by atoms with Crippen molar-refractivity contribution in [2.75, 3.05) is 39.9 Å². The summed E-state index contributed by atoms with van der Waals surface area (Å²) in [5, 5.41) is 3.13. The van der Waals surface area contributed by atoms with E-state index < -0.39 is 0 Å². The number of carbonyl (C=O) groups is 1. The molecule has 144 valence electrons. The van der Waals surface area contributed by atoms with Gasteiger partial charge in [0.1, 0.15) is 0 Å². The molecule has 1 saturated heterocycles. The minimum Gasteiger partial charge on any atom is -0.379 e. The van der Waals surface area contributed by atoms with E-state index in [1.54, 1.807) is 4.90 Å². The predicted octanol–water partition coefficient (Wildman–Crippen LogP) is 3.46. The lowest BCUT2D eigenvalue weighted by Gasteiger charge is -2.35. The highest BCUT2D eigenvalue weighted by Gasteiger charge is 2.24. The number of nitrogens with zero attached hydrogens (tertiary/aromatic N) is 2. The molecule has 27 heavy (non-hydrogen) atoms. The number of ether oxygens (including phenoxy) is 1. The van der Waals surface area contributed by atoms with E-state index in [0.717, 1.165) is 31.9 Å². The van der Waals surface area contributed by atoms with E-state index in [0.29, 0.717) is 6.54 Å². The average molecular weight is 367 g/mol. The van der Waals surface area contributed by atoms with Gasteiger partial charge in [-0.3, -0.25) is 4.90 Å². The van der Waals surface area contributed by atoms with E-state index in [4.69, 9.17) is 4.74 Å². The monoisotopic (exact) mass is 367 g/mol. The van der Waals surface area contributed by atoms with Gasteiger partial charge in [0, 0.05) is 26.7 Å². The Labute approximate surface area is 161 Å². The topological polar surface area (TPSA) is 44.8 Å². The normalized spacial score (nSPS) is 17.1. The zero-order valence-corrected chi connectivity index (χ0v) is 16.2. The van der Waals surface area contributed by atoms with Crippen LogP contribution >= 0.6 is 0 Å². The molecule has 0 aliphatic carbocycles. The zero-order valence-electron chi connectivity index (χ0n) is 16.2. The first kappa shape index (κ1) is 19.4. The summed E-state index contributed by atoms with van der Waals surface area (Å²) in [4.78, 5) is 16.9. The van der Waals surface area contributed by atoms with Crippen LogP contribution in [0.5, 0.6) is 0 Å². The Morgan fingerprint density at radius 3 is 2.19 bits per heavy atom. The van der Waals surface area contributed by atoms with Crippen molar-refractivity contribution in [3.63, 3.8) is 0 Å². The van der Waals surface area contributed by atoms with Crippen LogP contribution in [0.4, 0.5) is 4.79 Å². The number of rotatable bonds is 6. The van der Waals surface area contributed by atoms with Gasteiger partial charge in [0.25, 0.3) is 0 Å². The second-order valence-corrected chi connectivity index (χ2v) is 6.96. The molecule has 1 heterocycles. The molecule has 2 atom stereocenters. The lowest BCUT2D eigenvalue weighted by atomic mass is 10.0. The van der Waals surface area contributed by atoms with E-state index in [9.17, 15) is 4.79 Å². The molecule has 0 aromatic heterocycles. The van der Waals surface area contributed by atoms with Gasteiger partial charge in [0.05, 0.1) is 25.3 Å². The van der Waals surface area contributed by atoms with Crippen molar-refractivity contribution in [2.45, 2.75) is 19.0 Å². The minimum atomic E-state index is -0.0551. The van der Waals surface area contributed by atoms with Gasteiger partial charge < -0.3 is 15.0 Å². The summed E-state index contributed by atoms with van der Waals surface area (Å²) in [7, 11) is 1.85. The van der Waals surface area contributed by atoms with Gasteiger partial charge in [0.2, 0.25) is 0 Å². The lowest BCUT2D eigenvalue weighted by Crippen LogP contribution is -2.46. The fourth-order valence-electron chi connectivity index (χ4n) is 3.46. The van der Waals surface area contributed by atoms with Crippen LogP contribution in [0.2, 0.25) is 0 Å².